The number of halogens is 1. The molecule has 0 saturated heterocycles. The fraction of sp³-hybridized carbons (Fsp3) is 0.174. The zero-order valence-electron chi connectivity index (χ0n) is 17.2. The van der Waals surface area contributed by atoms with Gasteiger partial charge < -0.3 is 5.32 Å². The normalized spacial score (nSPS) is 11.5. The molecule has 0 heterocycles. The van der Waals surface area contributed by atoms with Crippen molar-refractivity contribution >= 4 is 45.0 Å². The fourth-order valence-corrected chi connectivity index (χ4v) is 4.98. The molecule has 0 aliphatic rings. The number of hydrogen-bond acceptors (Lipinski definition) is 4. The van der Waals surface area contributed by atoms with Gasteiger partial charge >= 0.3 is 0 Å². The molecule has 0 unspecified atom stereocenters. The first-order chi connectivity index (χ1) is 14.8. The van der Waals surface area contributed by atoms with E-state index >= 15 is 0 Å². The Hall–Kier alpha value is -2.32. The van der Waals surface area contributed by atoms with Crippen molar-refractivity contribution in [3.63, 3.8) is 0 Å². The maximum absolute atomic E-state index is 13.3. The molecule has 0 bridgehead atoms. The highest BCUT2D eigenvalue weighted by Gasteiger charge is 2.27. The fourth-order valence-electron chi connectivity index (χ4n) is 3.02. The van der Waals surface area contributed by atoms with Crippen molar-refractivity contribution in [2.24, 2.45) is 0 Å². The van der Waals surface area contributed by atoms with Gasteiger partial charge in [0.25, 0.3) is 0 Å². The Balaban J connectivity index is 1.88. The molecule has 3 aromatic rings. The summed E-state index contributed by atoms with van der Waals surface area (Å²) >= 11 is 7.48. The summed E-state index contributed by atoms with van der Waals surface area (Å²) in [7, 11) is -3.92. The maximum atomic E-state index is 13.3. The Bertz CT molecular complexity index is 1170. The van der Waals surface area contributed by atoms with Crippen LogP contribution in [0.5, 0.6) is 0 Å². The van der Waals surface area contributed by atoms with Gasteiger partial charge in [0.05, 0.1) is 11.4 Å². The van der Waals surface area contributed by atoms with E-state index in [2.05, 4.69) is 5.32 Å². The lowest BCUT2D eigenvalue weighted by atomic mass is 10.1. The van der Waals surface area contributed by atoms with Gasteiger partial charge in [0, 0.05) is 22.2 Å². The quantitative estimate of drug-likeness (QED) is 0.455. The van der Waals surface area contributed by atoms with Gasteiger partial charge in [-0.1, -0.05) is 41.9 Å². The number of hydrogen-bond donors (Lipinski definition) is 1. The molecule has 3 aromatic carbocycles. The minimum atomic E-state index is -3.92. The first-order valence-electron chi connectivity index (χ1n) is 9.54. The molecule has 0 saturated carbocycles. The van der Waals surface area contributed by atoms with Gasteiger partial charge in [-0.3, -0.25) is 4.79 Å². The zero-order chi connectivity index (χ0) is 22.4. The van der Waals surface area contributed by atoms with Crippen molar-refractivity contribution < 1.29 is 13.2 Å². The van der Waals surface area contributed by atoms with E-state index in [1.54, 1.807) is 17.8 Å². The molecule has 8 heteroatoms. The van der Waals surface area contributed by atoms with Gasteiger partial charge in [-0.25, -0.2) is 8.42 Å². The van der Waals surface area contributed by atoms with Crippen LogP contribution in [0.25, 0.3) is 0 Å². The van der Waals surface area contributed by atoms with Crippen molar-refractivity contribution in [2.45, 2.75) is 23.3 Å². The second-order valence-electron chi connectivity index (χ2n) is 6.93. The van der Waals surface area contributed by atoms with Crippen molar-refractivity contribution in [3.05, 3.63) is 88.9 Å². The summed E-state index contributed by atoms with van der Waals surface area (Å²) in [6.07, 6.45) is 1.95. The molecule has 1 amide bonds. The van der Waals surface area contributed by atoms with Crippen LogP contribution < -0.4 is 5.32 Å². The van der Waals surface area contributed by atoms with Crippen LogP contribution in [0.3, 0.4) is 0 Å². The van der Waals surface area contributed by atoms with E-state index in [1.807, 2.05) is 55.6 Å². The van der Waals surface area contributed by atoms with Gasteiger partial charge in [0.2, 0.25) is 15.9 Å². The van der Waals surface area contributed by atoms with E-state index in [-0.39, 0.29) is 18.0 Å². The van der Waals surface area contributed by atoms with E-state index < -0.39 is 15.9 Å². The minimum Gasteiger partial charge on any atom is -0.325 e. The second-order valence-corrected chi connectivity index (χ2v) is 10.2. The van der Waals surface area contributed by atoms with Gasteiger partial charge in [0.1, 0.15) is 0 Å². The van der Waals surface area contributed by atoms with Crippen LogP contribution in [0.2, 0.25) is 5.02 Å². The number of rotatable bonds is 8. The number of anilines is 1. The van der Waals surface area contributed by atoms with Crippen molar-refractivity contribution in [1.82, 2.24) is 4.31 Å². The minimum absolute atomic E-state index is 0.0793. The SMILES string of the molecule is CSc1cccc(NC(=O)CN(Cc2ccccc2C)S(=O)(=O)c2ccc(Cl)cc2)c1. The number of nitrogens with one attached hydrogen (secondary N) is 1. The summed E-state index contributed by atoms with van der Waals surface area (Å²) in [5.41, 5.74) is 2.40. The average Bonchev–Trinajstić information content (AvgIpc) is 2.75. The van der Waals surface area contributed by atoms with Crippen LogP contribution in [0.4, 0.5) is 5.69 Å². The standard InChI is InChI=1S/C23H23ClN2O3S2/c1-17-6-3-4-7-18(17)15-26(31(28,29)22-12-10-19(24)11-13-22)16-23(27)25-20-8-5-9-21(14-20)30-2/h3-14H,15-16H2,1-2H3,(H,25,27). The first-order valence-corrected chi connectivity index (χ1v) is 12.6. The first kappa shape index (κ1) is 23.3. The van der Waals surface area contributed by atoms with Crippen LogP contribution >= 0.6 is 23.4 Å². The Labute approximate surface area is 192 Å². The number of carbonyl (C=O) groups is 1. The predicted molar refractivity (Wildman–Crippen MR) is 127 cm³/mol. The molecular weight excluding hydrogens is 452 g/mol. The highest BCUT2D eigenvalue weighted by atomic mass is 35.5. The highest BCUT2D eigenvalue weighted by molar-refractivity contribution is 7.98. The van der Waals surface area contributed by atoms with E-state index in [0.717, 1.165) is 16.0 Å². The van der Waals surface area contributed by atoms with Crippen LogP contribution in [-0.4, -0.2) is 31.4 Å². The third-order valence-corrected chi connectivity index (χ3v) is 7.52. The van der Waals surface area contributed by atoms with Crippen molar-refractivity contribution in [2.75, 3.05) is 18.1 Å². The summed E-state index contributed by atoms with van der Waals surface area (Å²) in [5, 5.41) is 3.24. The molecule has 31 heavy (non-hydrogen) atoms. The molecule has 0 atom stereocenters. The Morgan fingerprint density at radius 2 is 1.74 bits per heavy atom. The summed E-state index contributed by atoms with van der Waals surface area (Å²) in [5.74, 6) is -0.413. The lowest BCUT2D eigenvalue weighted by molar-refractivity contribution is -0.116. The molecule has 0 aliphatic carbocycles. The van der Waals surface area contributed by atoms with Crippen molar-refractivity contribution in [1.29, 1.82) is 0 Å². The van der Waals surface area contributed by atoms with E-state index in [9.17, 15) is 13.2 Å². The molecular formula is C23H23ClN2O3S2. The van der Waals surface area contributed by atoms with Gasteiger partial charge in [0.15, 0.2) is 0 Å². The zero-order valence-corrected chi connectivity index (χ0v) is 19.6. The van der Waals surface area contributed by atoms with E-state index in [1.165, 1.54) is 28.6 Å². The van der Waals surface area contributed by atoms with Crippen LogP contribution in [-0.2, 0) is 21.4 Å². The summed E-state index contributed by atoms with van der Waals surface area (Å²) in [6, 6.07) is 20.9. The number of nitrogens with zero attached hydrogens (tertiary/aromatic N) is 1. The summed E-state index contributed by atoms with van der Waals surface area (Å²) in [4.78, 5) is 13.9. The smallest absolute Gasteiger partial charge is 0.243 e. The topological polar surface area (TPSA) is 66.5 Å². The summed E-state index contributed by atoms with van der Waals surface area (Å²) in [6.45, 7) is 1.68. The molecule has 0 fully saturated rings. The molecule has 0 aromatic heterocycles. The number of amides is 1. The molecule has 5 nitrogen and oxygen atoms in total. The number of aryl methyl sites for hydroxylation is 1. The number of carbonyl (C=O) groups excluding carboxylic acids is 1. The van der Waals surface area contributed by atoms with Gasteiger partial charge in [-0.2, -0.15) is 4.31 Å². The molecule has 0 aliphatic heterocycles. The third kappa shape index (κ3) is 6.11. The Morgan fingerprint density at radius 3 is 2.42 bits per heavy atom. The van der Waals surface area contributed by atoms with E-state index in [4.69, 9.17) is 11.6 Å². The highest BCUT2D eigenvalue weighted by Crippen LogP contribution is 2.23. The molecule has 3 rings (SSSR count). The molecule has 162 valence electrons. The third-order valence-electron chi connectivity index (χ3n) is 4.73. The second kappa shape index (κ2) is 10.3. The molecule has 0 spiro atoms. The molecule has 1 N–H and O–H groups in total. The predicted octanol–water partition coefficient (Wildman–Crippen LogP) is 5.20. The number of thioether (sulfide) groups is 1. The number of sulfonamides is 1. The monoisotopic (exact) mass is 474 g/mol. The average molecular weight is 475 g/mol. The van der Waals surface area contributed by atoms with Crippen LogP contribution in [0, 0.1) is 6.92 Å². The maximum Gasteiger partial charge on any atom is 0.243 e. The van der Waals surface area contributed by atoms with Gasteiger partial charge in [-0.05, 0) is 66.8 Å². The number of benzene rings is 3. The molecule has 0 radical (unpaired) electrons. The van der Waals surface area contributed by atoms with Crippen molar-refractivity contribution in [3.8, 4) is 0 Å². The Kier molecular flexibility index (Phi) is 7.78. The van der Waals surface area contributed by atoms with E-state index in [0.29, 0.717) is 10.7 Å². The van der Waals surface area contributed by atoms with Crippen LogP contribution in [0.15, 0.2) is 82.6 Å². The lowest BCUT2D eigenvalue weighted by Gasteiger charge is -2.23. The largest absolute Gasteiger partial charge is 0.325 e. The van der Waals surface area contributed by atoms with Crippen LogP contribution in [0.1, 0.15) is 11.1 Å². The lowest BCUT2D eigenvalue weighted by Crippen LogP contribution is -2.37. The Morgan fingerprint density at radius 1 is 1.03 bits per heavy atom. The van der Waals surface area contributed by atoms with Gasteiger partial charge in [-0.15, -0.1) is 11.8 Å². The summed E-state index contributed by atoms with van der Waals surface area (Å²) < 4.78 is 27.9.